The molecular formula is C22H18N4O3. The Kier molecular flexibility index (Phi) is 4.56. The first-order valence-corrected chi connectivity index (χ1v) is 9.02. The molecule has 1 N–H and O–H groups in total. The molecule has 7 heteroatoms. The van der Waals surface area contributed by atoms with Crippen LogP contribution in [0.2, 0.25) is 0 Å². The molecule has 1 amide bonds. The van der Waals surface area contributed by atoms with Gasteiger partial charge in [-0.1, -0.05) is 12.1 Å². The number of rotatable bonds is 4. The van der Waals surface area contributed by atoms with Crippen LogP contribution in [0.1, 0.15) is 15.9 Å². The average Bonchev–Trinajstić information content (AvgIpc) is 3.05. The molecule has 0 bridgehead atoms. The number of nitrogens with zero attached hydrogens (tertiary/aromatic N) is 3. The van der Waals surface area contributed by atoms with E-state index in [4.69, 9.17) is 0 Å². The van der Waals surface area contributed by atoms with Crippen molar-refractivity contribution < 1.29 is 9.72 Å². The Morgan fingerprint density at radius 2 is 1.79 bits per heavy atom. The minimum absolute atomic E-state index is 0.00615. The average molecular weight is 386 g/mol. The van der Waals surface area contributed by atoms with Crippen molar-refractivity contribution in [2.45, 2.75) is 6.92 Å². The van der Waals surface area contributed by atoms with E-state index in [1.807, 2.05) is 60.1 Å². The largest absolute Gasteiger partial charge is 0.327 e. The maximum absolute atomic E-state index is 12.5. The number of nitro groups is 1. The van der Waals surface area contributed by atoms with Crippen LogP contribution in [-0.4, -0.2) is 20.4 Å². The molecule has 4 aromatic rings. The number of para-hydroxylation sites is 2. The van der Waals surface area contributed by atoms with Crippen molar-refractivity contribution in [3.8, 4) is 11.4 Å². The van der Waals surface area contributed by atoms with Crippen LogP contribution in [0.25, 0.3) is 22.4 Å². The van der Waals surface area contributed by atoms with E-state index in [1.165, 1.54) is 18.2 Å². The summed E-state index contributed by atoms with van der Waals surface area (Å²) in [6, 6.07) is 19.7. The molecule has 0 saturated carbocycles. The highest BCUT2D eigenvalue weighted by molar-refractivity contribution is 6.04. The smallest absolute Gasteiger partial charge is 0.272 e. The van der Waals surface area contributed by atoms with Gasteiger partial charge in [-0.2, -0.15) is 0 Å². The number of hydrogen-bond acceptors (Lipinski definition) is 4. The van der Waals surface area contributed by atoms with Gasteiger partial charge < -0.3 is 9.88 Å². The van der Waals surface area contributed by atoms with Gasteiger partial charge in [0.2, 0.25) is 0 Å². The monoisotopic (exact) mass is 386 g/mol. The molecule has 0 spiro atoms. The molecule has 144 valence electrons. The SMILES string of the molecule is Cc1cc(C(=O)Nc2ccc(-c3nc4ccccc4n3C)cc2)ccc1[N+](=O)[O-]. The van der Waals surface area contributed by atoms with Crippen LogP contribution in [0.5, 0.6) is 0 Å². The van der Waals surface area contributed by atoms with Crippen molar-refractivity contribution in [1.82, 2.24) is 9.55 Å². The van der Waals surface area contributed by atoms with E-state index in [-0.39, 0.29) is 11.6 Å². The number of benzene rings is 3. The number of imidazole rings is 1. The predicted octanol–water partition coefficient (Wildman–Crippen LogP) is 4.71. The molecule has 29 heavy (non-hydrogen) atoms. The Hall–Kier alpha value is -4.00. The Morgan fingerprint density at radius 3 is 2.45 bits per heavy atom. The van der Waals surface area contributed by atoms with E-state index in [1.54, 1.807) is 6.92 Å². The summed E-state index contributed by atoms with van der Waals surface area (Å²) in [5, 5.41) is 13.7. The summed E-state index contributed by atoms with van der Waals surface area (Å²) >= 11 is 0. The zero-order valence-electron chi connectivity index (χ0n) is 15.9. The molecule has 0 aliphatic rings. The van der Waals surface area contributed by atoms with Gasteiger partial charge in [-0.3, -0.25) is 14.9 Å². The predicted molar refractivity (Wildman–Crippen MR) is 112 cm³/mol. The number of carbonyl (C=O) groups is 1. The lowest BCUT2D eigenvalue weighted by atomic mass is 10.1. The Morgan fingerprint density at radius 1 is 1.07 bits per heavy atom. The minimum Gasteiger partial charge on any atom is -0.327 e. The number of nitro benzene ring substituents is 1. The molecule has 0 atom stereocenters. The second-order valence-corrected chi connectivity index (χ2v) is 6.77. The van der Waals surface area contributed by atoms with Crippen molar-refractivity contribution in [1.29, 1.82) is 0 Å². The summed E-state index contributed by atoms with van der Waals surface area (Å²) < 4.78 is 2.03. The van der Waals surface area contributed by atoms with Crippen LogP contribution in [-0.2, 0) is 7.05 Å². The number of hydrogen-bond donors (Lipinski definition) is 1. The summed E-state index contributed by atoms with van der Waals surface area (Å²) in [7, 11) is 1.97. The van der Waals surface area contributed by atoms with Crippen LogP contribution in [0.4, 0.5) is 11.4 Å². The first kappa shape index (κ1) is 18.4. The molecule has 4 rings (SSSR count). The van der Waals surface area contributed by atoms with E-state index in [9.17, 15) is 14.9 Å². The van der Waals surface area contributed by atoms with Gasteiger partial charge >= 0.3 is 0 Å². The van der Waals surface area contributed by atoms with Crippen molar-refractivity contribution in [3.63, 3.8) is 0 Å². The fraction of sp³-hybridized carbons (Fsp3) is 0.0909. The van der Waals surface area contributed by atoms with Gasteiger partial charge in [0.25, 0.3) is 11.6 Å². The Balaban J connectivity index is 1.55. The van der Waals surface area contributed by atoms with Gasteiger partial charge in [-0.15, -0.1) is 0 Å². The molecule has 1 aromatic heterocycles. The maximum atomic E-state index is 12.5. The number of amides is 1. The molecule has 0 fully saturated rings. The Bertz CT molecular complexity index is 1240. The van der Waals surface area contributed by atoms with Gasteiger partial charge in [0, 0.05) is 35.5 Å². The molecular weight excluding hydrogens is 368 g/mol. The van der Waals surface area contributed by atoms with Gasteiger partial charge in [-0.05, 0) is 55.5 Å². The van der Waals surface area contributed by atoms with E-state index < -0.39 is 4.92 Å². The minimum atomic E-state index is -0.462. The van der Waals surface area contributed by atoms with Crippen LogP contribution >= 0.6 is 0 Å². The zero-order valence-corrected chi connectivity index (χ0v) is 15.9. The highest BCUT2D eigenvalue weighted by atomic mass is 16.6. The number of carbonyl (C=O) groups excluding carboxylic acids is 1. The van der Waals surface area contributed by atoms with Gasteiger partial charge in [0.15, 0.2) is 0 Å². The van der Waals surface area contributed by atoms with Crippen molar-refractivity contribution in [2.75, 3.05) is 5.32 Å². The number of nitrogens with one attached hydrogen (secondary N) is 1. The van der Waals surface area contributed by atoms with Crippen molar-refractivity contribution in [3.05, 3.63) is 88.0 Å². The van der Waals surface area contributed by atoms with E-state index in [2.05, 4.69) is 10.3 Å². The standard InChI is InChI=1S/C22H18N4O3/c1-14-13-16(9-12-19(14)26(28)29)22(27)23-17-10-7-15(8-11-17)21-24-18-5-3-4-6-20(18)25(21)2/h3-13H,1-2H3,(H,23,27). The lowest BCUT2D eigenvalue weighted by molar-refractivity contribution is -0.385. The molecule has 0 aliphatic carbocycles. The number of anilines is 1. The zero-order chi connectivity index (χ0) is 20.5. The number of aryl methyl sites for hydroxylation is 2. The summed E-state index contributed by atoms with van der Waals surface area (Å²) in [6.45, 7) is 1.61. The molecule has 0 radical (unpaired) electrons. The van der Waals surface area contributed by atoms with E-state index >= 15 is 0 Å². The molecule has 0 unspecified atom stereocenters. The van der Waals surface area contributed by atoms with Crippen LogP contribution in [0.15, 0.2) is 66.7 Å². The normalized spacial score (nSPS) is 10.8. The lowest BCUT2D eigenvalue weighted by Gasteiger charge is -2.08. The number of fused-ring (bicyclic) bond motifs is 1. The highest BCUT2D eigenvalue weighted by Gasteiger charge is 2.14. The van der Waals surface area contributed by atoms with Crippen LogP contribution < -0.4 is 5.32 Å². The summed E-state index contributed by atoms with van der Waals surface area (Å²) in [5.41, 5.74) is 4.35. The third-order valence-electron chi connectivity index (χ3n) is 4.84. The van der Waals surface area contributed by atoms with E-state index in [0.29, 0.717) is 16.8 Å². The molecule has 0 aliphatic heterocycles. The second kappa shape index (κ2) is 7.20. The molecule has 0 saturated heterocycles. The molecule has 7 nitrogen and oxygen atoms in total. The fourth-order valence-electron chi connectivity index (χ4n) is 3.31. The fourth-order valence-corrected chi connectivity index (χ4v) is 3.31. The highest BCUT2D eigenvalue weighted by Crippen LogP contribution is 2.25. The molecule has 3 aromatic carbocycles. The van der Waals surface area contributed by atoms with Gasteiger partial charge in [0.05, 0.1) is 16.0 Å². The van der Waals surface area contributed by atoms with Gasteiger partial charge in [0.1, 0.15) is 5.82 Å². The molecule has 1 heterocycles. The topological polar surface area (TPSA) is 90.1 Å². The quantitative estimate of drug-likeness (QED) is 0.406. The summed E-state index contributed by atoms with van der Waals surface area (Å²) in [5.74, 6) is 0.522. The van der Waals surface area contributed by atoms with Gasteiger partial charge in [-0.25, -0.2) is 4.98 Å². The van der Waals surface area contributed by atoms with Crippen molar-refractivity contribution >= 4 is 28.3 Å². The van der Waals surface area contributed by atoms with E-state index in [0.717, 1.165) is 22.4 Å². The Labute approximate surface area is 166 Å². The van der Waals surface area contributed by atoms with Crippen LogP contribution in [0, 0.1) is 17.0 Å². The lowest BCUT2D eigenvalue weighted by Crippen LogP contribution is -2.12. The van der Waals surface area contributed by atoms with Crippen molar-refractivity contribution in [2.24, 2.45) is 7.05 Å². The first-order chi connectivity index (χ1) is 13.9. The summed E-state index contributed by atoms with van der Waals surface area (Å²) in [6.07, 6.45) is 0. The maximum Gasteiger partial charge on any atom is 0.272 e. The first-order valence-electron chi connectivity index (χ1n) is 9.02. The van der Waals surface area contributed by atoms with Crippen LogP contribution in [0.3, 0.4) is 0 Å². The third kappa shape index (κ3) is 3.45. The number of aromatic nitrogens is 2. The summed E-state index contributed by atoms with van der Waals surface area (Å²) in [4.78, 5) is 27.6. The third-order valence-corrected chi connectivity index (χ3v) is 4.84. The second-order valence-electron chi connectivity index (χ2n) is 6.77.